The van der Waals surface area contributed by atoms with Crippen LogP contribution in [0, 0.1) is 10.1 Å². The van der Waals surface area contributed by atoms with Crippen molar-refractivity contribution in [3.8, 4) is 5.75 Å². The Balaban J connectivity index is 2.06. The van der Waals surface area contributed by atoms with Crippen molar-refractivity contribution in [2.45, 2.75) is 39.8 Å². The average molecular weight is 482 g/mol. The van der Waals surface area contributed by atoms with E-state index in [0.29, 0.717) is 23.4 Å². The van der Waals surface area contributed by atoms with E-state index >= 15 is 0 Å². The number of amides is 1. The van der Waals surface area contributed by atoms with Crippen LogP contribution < -0.4 is 4.74 Å². The highest BCUT2D eigenvalue weighted by Gasteiger charge is 2.46. The zero-order valence-electron chi connectivity index (χ0n) is 20.4. The molecular weight excluding hydrogens is 450 g/mol. The maximum atomic E-state index is 13.1. The highest BCUT2D eigenvalue weighted by Crippen LogP contribution is 2.39. The van der Waals surface area contributed by atoms with Gasteiger partial charge >= 0.3 is 0 Å². The Labute approximate surface area is 204 Å². The van der Waals surface area contributed by atoms with Gasteiger partial charge in [0.25, 0.3) is 17.4 Å². The van der Waals surface area contributed by atoms with E-state index in [4.69, 9.17) is 4.74 Å². The second-order valence-corrected chi connectivity index (χ2v) is 8.56. The van der Waals surface area contributed by atoms with Crippen LogP contribution in [0.5, 0.6) is 5.75 Å². The molecule has 0 aromatic heterocycles. The molecule has 1 heterocycles. The minimum absolute atomic E-state index is 0.0206. The summed E-state index contributed by atoms with van der Waals surface area (Å²) in [7, 11) is 0. The molecule has 186 valence electrons. The first-order valence-corrected chi connectivity index (χ1v) is 11.7. The summed E-state index contributed by atoms with van der Waals surface area (Å²) in [6.45, 7) is 10.2. The molecule has 1 aliphatic rings. The predicted octanol–water partition coefficient (Wildman–Crippen LogP) is 4.15. The van der Waals surface area contributed by atoms with Gasteiger partial charge in [0.15, 0.2) is 0 Å². The molecule has 0 saturated carbocycles. The maximum absolute atomic E-state index is 13.1. The number of aliphatic hydroxyl groups excluding tert-OH is 1. The molecule has 1 saturated heterocycles. The molecule has 2 aromatic carbocycles. The number of hydrogen-bond donors (Lipinski definition) is 1. The van der Waals surface area contributed by atoms with Gasteiger partial charge in [-0.25, -0.2) is 0 Å². The van der Waals surface area contributed by atoms with Gasteiger partial charge in [-0.1, -0.05) is 13.8 Å². The number of nitro groups is 1. The number of Topliss-reactive ketones (excluding diaryl/α,β-unsaturated/α-hetero) is 1. The molecule has 35 heavy (non-hydrogen) atoms. The number of likely N-dealkylation sites (tertiary alicyclic amines) is 1. The Morgan fingerprint density at radius 2 is 1.69 bits per heavy atom. The quantitative estimate of drug-likeness (QED) is 0.178. The number of likely N-dealkylation sites (N-methyl/N-ethyl adjacent to an activating group) is 1. The van der Waals surface area contributed by atoms with Crippen molar-refractivity contribution < 1.29 is 24.4 Å². The number of carbonyl (C=O) groups excluding carboxylic acids is 2. The third-order valence-electron chi connectivity index (χ3n) is 6.01. The fourth-order valence-electron chi connectivity index (χ4n) is 4.14. The summed E-state index contributed by atoms with van der Waals surface area (Å²) in [6, 6.07) is 11.5. The number of ketones is 1. The maximum Gasteiger partial charge on any atom is 0.295 e. The number of rotatable bonds is 10. The zero-order valence-corrected chi connectivity index (χ0v) is 20.4. The molecule has 2 aromatic rings. The van der Waals surface area contributed by atoms with Gasteiger partial charge in [0.2, 0.25) is 0 Å². The molecule has 0 aliphatic carbocycles. The van der Waals surface area contributed by atoms with E-state index in [1.54, 1.807) is 24.3 Å². The van der Waals surface area contributed by atoms with Gasteiger partial charge in [-0.3, -0.25) is 19.7 Å². The molecule has 1 fully saturated rings. The number of ether oxygens (including phenoxy) is 1. The van der Waals surface area contributed by atoms with Gasteiger partial charge in [0, 0.05) is 30.8 Å². The fraction of sp³-hybridized carbons (Fsp3) is 0.385. The summed E-state index contributed by atoms with van der Waals surface area (Å²) in [5, 5.41) is 22.3. The van der Waals surface area contributed by atoms with Gasteiger partial charge in [-0.05, 0) is 68.9 Å². The van der Waals surface area contributed by atoms with Crippen LogP contribution in [0.3, 0.4) is 0 Å². The SMILES string of the molecule is CCN(CC)CCN1C(=O)C(=O)C(=C(O)c2ccc(OC(C)C)cc2)[C@H]1c1ccc([N+](=O)[O-])cc1. The van der Waals surface area contributed by atoms with Crippen LogP contribution in [0.2, 0.25) is 0 Å². The lowest BCUT2D eigenvalue weighted by atomic mass is 9.95. The third kappa shape index (κ3) is 5.68. The van der Waals surface area contributed by atoms with E-state index in [1.807, 2.05) is 27.7 Å². The van der Waals surface area contributed by atoms with Crippen molar-refractivity contribution in [2.24, 2.45) is 0 Å². The molecular formula is C26H31N3O6. The van der Waals surface area contributed by atoms with Crippen molar-refractivity contribution in [1.29, 1.82) is 0 Å². The average Bonchev–Trinajstić information content (AvgIpc) is 3.09. The monoisotopic (exact) mass is 481 g/mol. The van der Waals surface area contributed by atoms with Crippen LogP contribution in [0.15, 0.2) is 54.1 Å². The number of aliphatic hydroxyl groups is 1. The van der Waals surface area contributed by atoms with Gasteiger partial charge in [0.1, 0.15) is 11.5 Å². The van der Waals surface area contributed by atoms with E-state index in [0.717, 1.165) is 13.1 Å². The molecule has 1 N–H and O–H groups in total. The number of nitro benzene ring substituents is 1. The Morgan fingerprint density at radius 3 is 2.20 bits per heavy atom. The summed E-state index contributed by atoms with van der Waals surface area (Å²) >= 11 is 0. The summed E-state index contributed by atoms with van der Waals surface area (Å²) in [5.41, 5.74) is 0.737. The zero-order chi connectivity index (χ0) is 25.7. The number of hydrogen-bond acceptors (Lipinski definition) is 7. The Hall–Kier alpha value is -3.72. The van der Waals surface area contributed by atoms with Crippen LogP contribution >= 0.6 is 0 Å². The standard InChI is InChI=1S/C26H31N3O6/c1-5-27(6-2)15-16-28-23(18-7-11-20(12-8-18)29(33)34)22(25(31)26(28)32)24(30)19-9-13-21(14-10-19)35-17(3)4/h7-14,17,23,30H,5-6,15-16H2,1-4H3/t23-/m1/s1. The smallest absolute Gasteiger partial charge is 0.295 e. The molecule has 1 atom stereocenters. The fourth-order valence-corrected chi connectivity index (χ4v) is 4.14. The summed E-state index contributed by atoms with van der Waals surface area (Å²) < 4.78 is 5.64. The van der Waals surface area contributed by atoms with E-state index in [-0.39, 0.29) is 29.7 Å². The lowest BCUT2D eigenvalue weighted by molar-refractivity contribution is -0.384. The molecule has 0 radical (unpaired) electrons. The Bertz CT molecular complexity index is 1100. The second-order valence-electron chi connectivity index (χ2n) is 8.56. The van der Waals surface area contributed by atoms with Crippen LogP contribution in [0.1, 0.15) is 44.9 Å². The van der Waals surface area contributed by atoms with Crippen molar-refractivity contribution >= 4 is 23.1 Å². The molecule has 1 amide bonds. The lowest BCUT2D eigenvalue weighted by Crippen LogP contribution is -2.38. The van der Waals surface area contributed by atoms with Crippen LogP contribution in [0.25, 0.3) is 5.76 Å². The Kier molecular flexibility index (Phi) is 8.24. The first-order chi connectivity index (χ1) is 16.7. The minimum atomic E-state index is -0.863. The molecule has 1 aliphatic heterocycles. The van der Waals surface area contributed by atoms with Crippen molar-refractivity contribution in [2.75, 3.05) is 26.2 Å². The molecule has 9 heteroatoms. The van der Waals surface area contributed by atoms with Crippen LogP contribution in [-0.4, -0.2) is 63.8 Å². The molecule has 0 spiro atoms. The van der Waals surface area contributed by atoms with E-state index in [9.17, 15) is 24.8 Å². The Morgan fingerprint density at radius 1 is 1.09 bits per heavy atom. The first-order valence-electron chi connectivity index (χ1n) is 11.7. The molecule has 0 bridgehead atoms. The van der Waals surface area contributed by atoms with Crippen molar-refractivity contribution in [3.05, 3.63) is 75.3 Å². The summed E-state index contributed by atoms with van der Waals surface area (Å²) in [6.07, 6.45) is -0.0206. The summed E-state index contributed by atoms with van der Waals surface area (Å²) in [5.74, 6) is -1.17. The van der Waals surface area contributed by atoms with E-state index in [2.05, 4.69) is 4.90 Å². The molecule has 0 unspecified atom stereocenters. The van der Waals surface area contributed by atoms with Gasteiger partial charge < -0.3 is 19.6 Å². The highest BCUT2D eigenvalue weighted by molar-refractivity contribution is 6.46. The number of carbonyl (C=O) groups is 2. The van der Waals surface area contributed by atoms with E-state index < -0.39 is 22.7 Å². The normalized spacial score (nSPS) is 17.4. The summed E-state index contributed by atoms with van der Waals surface area (Å²) in [4.78, 5) is 40.4. The minimum Gasteiger partial charge on any atom is -0.507 e. The van der Waals surface area contributed by atoms with Gasteiger partial charge in [-0.15, -0.1) is 0 Å². The van der Waals surface area contributed by atoms with E-state index in [1.165, 1.54) is 29.2 Å². The second kappa shape index (κ2) is 11.1. The topological polar surface area (TPSA) is 113 Å². The third-order valence-corrected chi connectivity index (χ3v) is 6.01. The molecule has 9 nitrogen and oxygen atoms in total. The lowest BCUT2D eigenvalue weighted by Gasteiger charge is -2.28. The van der Waals surface area contributed by atoms with Crippen LogP contribution in [0.4, 0.5) is 5.69 Å². The van der Waals surface area contributed by atoms with Crippen molar-refractivity contribution in [1.82, 2.24) is 9.80 Å². The largest absolute Gasteiger partial charge is 0.507 e. The van der Waals surface area contributed by atoms with Gasteiger partial charge in [-0.2, -0.15) is 0 Å². The van der Waals surface area contributed by atoms with Gasteiger partial charge in [0.05, 0.1) is 22.6 Å². The van der Waals surface area contributed by atoms with Crippen molar-refractivity contribution in [3.63, 3.8) is 0 Å². The first kappa shape index (κ1) is 25.9. The number of non-ortho nitro benzene ring substituents is 1. The number of nitrogens with zero attached hydrogens (tertiary/aromatic N) is 3. The highest BCUT2D eigenvalue weighted by atomic mass is 16.6. The van der Waals surface area contributed by atoms with Crippen LogP contribution in [-0.2, 0) is 9.59 Å². The molecule has 3 rings (SSSR count). The number of benzene rings is 2. The predicted molar refractivity (Wildman–Crippen MR) is 132 cm³/mol.